The first kappa shape index (κ1) is 12.4. The Balaban J connectivity index is 1.91. The van der Waals surface area contributed by atoms with E-state index >= 15 is 0 Å². The highest BCUT2D eigenvalue weighted by Gasteiger charge is 2.27. The fourth-order valence-corrected chi connectivity index (χ4v) is 2.65. The molecule has 2 aromatic carbocycles. The third-order valence-electron chi connectivity index (χ3n) is 3.44. The van der Waals surface area contributed by atoms with Gasteiger partial charge in [0, 0.05) is 18.1 Å². The summed E-state index contributed by atoms with van der Waals surface area (Å²) in [5, 5.41) is 0.615. The smallest absolute Gasteiger partial charge is 0.142 e. The van der Waals surface area contributed by atoms with E-state index in [1.165, 1.54) is 11.1 Å². The highest BCUT2D eigenvalue weighted by Crippen LogP contribution is 2.43. The molecule has 0 aromatic heterocycles. The van der Waals surface area contributed by atoms with E-state index < -0.39 is 0 Å². The van der Waals surface area contributed by atoms with Crippen LogP contribution in [-0.4, -0.2) is 7.11 Å². The van der Waals surface area contributed by atoms with Crippen LogP contribution in [0.15, 0.2) is 36.4 Å². The maximum atomic E-state index is 6.23. The van der Waals surface area contributed by atoms with E-state index in [4.69, 9.17) is 21.1 Å². The summed E-state index contributed by atoms with van der Waals surface area (Å²) in [4.78, 5) is 0. The molecule has 0 bridgehead atoms. The molecule has 1 aliphatic heterocycles. The molecule has 2 nitrogen and oxygen atoms in total. The van der Waals surface area contributed by atoms with Crippen molar-refractivity contribution in [3.63, 3.8) is 0 Å². The average molecular weight is 275 g/mol. The number of fused-ring (bicyclic) bond motifs is 1. The van der Waals surface area contributed by atoms with E-state index in [0.29, 0.717) is 5.02 Å². The first-order valence-electron chi connectivity index (χ1n) is 6.27. The third-order valence-corrected chi connectivity index (χ3v) is 3.73. The Bertz CT molecular complexity index is 605. The SMILES string of the molecule is COc1cc(Cl)c2c(c1)CC(c1ccc(C)cc1)O2. The molecule has 1 heterocycles. The molecule has 0 amide bonds. The zero-order valence-electron chi connectivity index (χ0n) is 10.9. The molecule has 0 saturated heterocycles. The van der Waals surface area contributed by atoms with Crippen molar-refractivity contribution in [2.45, 2.75) is 19.4 Å². The van der Waals surface area contributed by atoms with E-state index in [1.807, 2.05) is 6.07 Å². The summed E-state index contributed by atoms with van der Waals surface area (Å²) in [5.41, 5.74) is 3.53. The summed E-state index contributed by atoms with van der Waals surface area (Å²) >= 11 is 6.23. The van der Waals surface area contributed by atoms with E-state index in [1.54, 1.807) is 13.2 Å². The number of hydrogen-bond acceptors (Lipinski definition) is 2. The van der Waals surface area contributed by atoms with Gasteiger partial charge in [-0.1, -0.05) is 41.4 Å². The van der Waals surface area contributed by atoms with Crippen LogP contribution in [0.1, 0.15) is 22.8 Å². The van der Waals surface area contributed by atoms with Crippen molar-refractivity contribution in [1.29, 1.82) is 0 Å². The fraction of sp³-hybridized carbons (Fsp3) is 0.250. The maximum Gasteiger partial charge on any atom is 0.142 e. The van der Waals surface area contributed by atoms with Crippen LogP contribution in [0.5, 0.6) is 11.5 Å². The second kappa shape index (κ2) is 4.78. The molecule has 0 N–H and O–H groups in total. The molecule has 1 unspecified atom stereocenters. The molecule has 3 rings (SSSR count). The van der Waals surface area contributed by atoms with Gasteiger partial charge >= 0.3 is 0 Å². The Labute approximate surface area is 117 Å². The number of rotatable bonds is 2. The number of halogens is 1. The van der Waals surface area contributed by atoms with Gasteiger partial charge in [0.05, 0.1) is 12.1 Å². The molecule has 1 atom stereocenters. The Morgan fingerprint density at radius 3 is 2.63 bits per heavy atom. The van der Waals surface area contributed by atoms with Crippen molar-refractivity contribution < 1.29 is 9.47 Å². The predicted octanol–water partition coefficient (Wildman–Crippen LogP) is 4.33. The van der Waals surface area contributed by atoms with Crippen LogP contribution in [0.4, 0.5) is 0 Å². The van der Waals surface area contributed by atoms with Gasteiger partial charge < -0.3 is 9.47 Å². The molecule has 2 aromatic rings. The van der Waals surface area contributed by atoms with Gasteiger partial charge in [0.25, 0.3) is 0 Å². The molecule has 0 radical (unpaired) electrons. The molecule has 0 aliphatic carbocycles. The maximum absolute atomic E-state index is 6.23. The second-order valence-corrected chi connectivity index (χ2v) is 5.23. The Kier molecular flexibility index (Phi) is 3.11. The van der Waals surface area contributed by atoms with E-state index in [2.05, 4.69) is 31.2 Å². The molecule has 98 valence electrons. The van der Waals surface area contributed by atoms with Gasteiger partial charge in [-0.05, 0) is 18.6 Å². The van der Waals surface area contributed by atoms with E-state index in [0.717, 1.165) is 23.5 Å². The zero-order chi connectivity index (χ0) is 13.4. The number of benzene rings is 2. The quantitative estimate of drug-likeness (QED) is 0.811. The van der Waals surface area contributed by atoms with Crippen molar-refractivity contribution in [2.24, 2.45) is 0 Å². The highest BCUT2D eigenvalue weighted by molar-refractivity contribution is 6.32. The summed E-state index contributed by atoms with van der Waals surface area (Å²) in [6.45, 7) is 2.08. The van der Waals surface area contributed by atoms with Gasteiger partial charge in [0.1, 0.15) is 17.6 Å². The van der Waals surface area contributed by atoms with Crippen molar-refractivity contribution in [1.82, 2.24) is 0 Å². The summed E-state index contributed by atoms with van der Waals surface area (Å²) in [6.07, 6.45) is 0.871. The fourth-order valence-electron chi connectivity index (χ4n) is 2.37. The average Bonchev–Trinajstić information content (AvgIpc) is 2.84. The normalized spacial score (nSPS) is 16.9. The van der Waals surface area contributed by atoms with Gasteiger partial charge in [-0.2, -0.15) is 0 Å². The van der Waals surface area contributed by atoms with Crippen LogP contribution in [0.25, 0.3) is 0 Å². The molecule has 0 fully saturated rings. The van der Waals surface area contributed by atoms with Crippen LogP contribution in [0.2, 0.25) is 5.02 Å². The summed E-state index contributed by atoms with van der Waals surface area (Å²) < 4.78 is 11.2. The van der Waals surface area contributed by atoms with Crippen molar-refractivity contribution in [3.05, 3.63) is 58.1 Å². The van der Waals surface area contributed by atoms with Crippen LogP contribution in [0.3, 0.4) is 0 Å². The minimum atomic E-state index is 0.0419. The molecule has 0 saturated carbocycles. The van der Waals surface area contributed by atoms with Gasteiger partial charge in [0.2, 0.25) is 0 Å². The third kappa shape index (κ3) is 2.28. The molecular formula is C16H15ClO2. The monoisotopic (exact) mass is 274 g/mol. The van der Waals surface area contributed by atoms with Crippen LogP contribution in [-0.2, 0) is 6.42 Å². The van der Waals surface area contributed by atoms with Gasteiger partial charge in [-0.3, -0.25) is 0 Å². The van der Waals surface area contributed by atoms with Crippen molar-refractivity contribution in [2.75, 3.05) is 7.11 Å². The molecule has 19 heavy (non-hydrogen) atoms. The largest absolute Gasteiger partial charge is 0.497 e. The number of methoxy groups -OCH3 is 1. The summed E-state index contributed by atoms with van der Waals surface area (Å²) in [6, 6.07) is 12.2. The number of hydrogen-bond donors (Lipinski definition) is 0. The first-order valence-corrected chi connectivity index (χ1v) is 6.65. The number of ether oxygens (including phenoxy) is 2. The summed E-state index contributed by atoms with van der Waals surface area (Å²) in [7, 11) is 1.64. The van der Waals surface area contributed by atoms with Crippen LogP contribution < -0.4 is 9.47 Å². The zero-order valence-corrected chi connectivity index (χ0v) is 11.7. The lowest BCUT2D eigenvalue weighted by atomic mass is 10.0. The molecule has 1 aliphatic rings. The Morgan fingerprint density at radius 1 is 1.21 bits per heavy atom. The lowest BCUT2D eigenvalue weighted by Gasteiger charge is -2.11. The van der Waals surface area contributed by atoms with E-state index in [9.17, 15) is 0 Å². The minimum Gasteiger partial charge on any atom is -0.497 e. The van der Waals surface area contributed by atoms with Gasteiger partial charge in [-0.25, -0.2) is 0 Å². The second-order valence-electron chi connectivity index (χ2n) is 4.82. The van der Waals surface area contributed by atoms with Crippen LogP contribution in [0, 0.1) is 6.92 Å². The van der Waals surface area contributed by atoms with Gasteiger partial charge in [0.15, 0.2) is 0 Å². The minimum absolute atomic E-state index is 0.0419. The summed E-state index contributed by atoms with van der Waals surface area (Å²) in [5.74, 6) is 1.56. The highest BCUT2D eigenvalue weighted by atomic mass is 35.5. The topological polar surface area (TPSA) is 18.5 Å². The molecular weight excluding hydrogens is 260 g/mol. The first-order chi connectivity index (χ1) is 9.17. The van der Waals surface area contributed by atoms with Crippen molar-refractivity contribution >= 4 is 11.6 Å². The lowest BCUT2D eigenvalue weighted by Crippen LogP contribution is -2.02. The number of aryl methyl sites for hydroxylation is 1. The van der Waals surface area contributed by atoms with Crippen LogP contribution >= 0.6 is 11.6 Å². The standard InChI is InChI=1S/C16H15ClO2/c1-10-3-5-11(6-4-10)15-8-12-7-13(18-2)9-14(17)16(12)19-15/h3-7,9,15H,8H2,1-2H3. The van der Waals surface area contributed by atoms with Gasteiger partial charge in [-0.15, -0.1) is 0 Å². The van der Waals surface area contributed by atoms with Crippen molar-refractivity contribution in [3.8, 4) is 11.5 Å². The molecule has 3 heteroatoms. The Morgan fingerprint density at radius 2 is 1.95 bits per heavy atom. The Hall–Kier alpha value is -1.67. The van der Waals surface area contributed by atoms with E-state index in [-0.39, 0.29) is 6.10 Å². The predicted molar refractivity (Wildman–Crippen MR) is 76.3 cm³/mol. The molecule has 0 spiro atoms. The lowest BCUT2D eigenvalue weighted by molar-refractivity contribution is 0.239.